The van der Waals surface area contributed by atoms with Crippen molar-refractivity contribution >= 4 is 48.9 Å². The van der Waals surface area contributed by atoms with Crippen LogP contribution >= 0.6 is 27.3 Å². The zero-order valence-corrected chi connectivity index (χ0v) is 12.7. The normalized spacial score (nSPS) is 11.3. The summed E-state index contributed by atoms with van der Waals surface area (Å²) in [5, 5.41) is 8.83. The van der Waals surface area contributed by atoms with E-state index < -0.39 is 21.8 Å². The molecule has 106 valence electrons. The molecule has 0 amide bonds. The van der Waals surface area contributed by atoms with Crippen molar-refractivity contribution in [2.45, 2.75) is 4.90 Å². The van der Waals surface area contributed by atoms with Gasteiger partial charge in [-0.25, -0.2) is 17.6 Å². The second-order valence-corrected chi connectivity index (χ2v) is 7.54. The number of pyridine rings is 1. The average molecular weight is 381 g/mol. The minimum Gasteiger partial charge on any atom is -0.477 e. The Morgan fingerprint density at radius 1 is 1.50 bits per heavy atom. The van der Waals surface area contributed by atoms with Gasteiger partial charge in [-0.1, -0.05) is 0 Å². The van der Waals surface area contributed by atoms with Crippen LogP contribution in [0.15, 0.2) is 33.2 Å². The van der Waals surface area contributed by atoms with E-state index in [1.807, 2.05) is 4.72 Å². The van der Waals surface area contributed by atoms with E-state index in [4.69, 9.17) is 5.11 Å². The molecule has 0 aromatic carbocycles. The number of carbonyl (C=O) groups is 1. The van der Waals surface area contributed by atoms with Crippen molar-refractivity contribution in [3.8, 4) is 0 Å². The molecule has 0 fully saturated rings. The molecule has 0 unspecified atom stereocenters. The number of aromatic carboxylic acids is 1. The number of thiophene rings is 1. The van der Waals surface area contributed by atoms with Crippen molar-refractivity contribution in [1.29, 1.82) is 0 Å². The topological polar surface area (TPSA) is 96.4 Å². The van der Waals surface area contributed by atoms with E-state index in [0.717, 1.165) is 29.7 Å². The lowest BCUT2D eigenvalue weighted by molar-refractivity contribution is 0.0702. The fourth-order valence-electron chi connectivity index (χ4n) is 1.30. The van der Waals surface area contributed by atoms with Crippen LogP contribution in [0.25, 0.3) is 0 Å². The van der Waals surface area contributed by atoms with Crippen LogP contribution in [0.3, 0.4) is 0 Å². The molecule has 10 heteroatoms. The first-order chi connectivity index (χ1) is 9.31. The lowest BCUT2D eigenvalue weighted by Gasteiger charge is -2.07. The monoisotopic (exact) mass is 380 g/mol. The van der Waals surface area contributed by atoms with E-state index in [1.165, 1.54) is 6.20 Å². The van der Waals surface area contributed by atoms with Gasteiger partial charge in [-0.05, 0) is 28.1 Å². The quantitative estimate of drug-likeness (QED) is 0.849. The highest BCUT2D eigenvalue weighted by Gasteiger charge is 2.24. The van der Waals surface area contributed by atoms with Crippen LogP contribution in [0.5, 0.6) is 0 Å². The van der Waals surface area contributed by atoms with E-state index in [9.17, 15) is 17.6 Å². The van der Waals surface area contributed by atoms with Crippen LogP contribution in [-0.2, 0) is 10.0 Å². The molecule has 2 rings (SSSR count). The number of aromatic nitrogens is 1. The van der Waals surface area contributed by atoms with Gasteiger partial charge < -0.3 is 5.11 Å². The van der Waals surface area contributed by atoms with Crippen LogP contribution in [0.1, 0.15) is 9.67 Å². The fraction of sp³-hybridized carbons (Fsp3) is 0. The first kappa shape index (κ1) is 14.9. The summed E-state index contributed by atoms with van der Waals surface area (Å²) in [5.41, 5.74) is -0.269. The molecule has 0 saturated carbocycles. The average Bonchev–Trinajstić information content (AvgIpc) is 2.75. The van der Waals surface area contributed by atoms with Crippen LogP contribution < -0.4 is 4.72 Å². The standard InChI is InChI=1S/C10H6BrFN2O4S2/c11-9-8(3-7(19-9)10(15)16)20(17,18)14-6-1-2-13-4-5(6)12/h1-4H,(H,13,14)(H,15,16). The highest BCUT2D eigenvalue weighted by Crippen LogP contribution is 2.33. The summed E-state index contributed by atoms with van der Waals surface area (Å²) >= 11 is 3.74. The zero-order chi connectivity index (χ0) is 14.9. The Labute approximate surface area is 125 Å². The summed E-state index contributed by atoms with van der Waals surface area (Å²) in [4.78, 5) is 13.9. The Morgan fingerprint density at radius 2 is 2.20 bits per heavy atom. The maximum absolute atomic E-state index is 13.4. The van der Waals surface area contributed by atoms with Gasteiger partial charge in [0.1, 0.15) is 9.77 Å². The molecule has 0 aliphatic heterocycles. The molecule has 0 spiro atoms. The third-order valence-electron chi connectivity index (χ3n) is 2.17. The molecule has 6 nitrogen and oxygen atoms in total. The van der Waals surface area contributed by atoms with Gasteiger partial charge in [0.15, 0.2) is 5.82 Å². The van der Waals surface area contributed by atoms with Gasteiger partial charge in [0, 0.05) is 6.20 Å². The number of nitrogens with one attached hydrogen (secondary N) is 1. The molecular formula is C10H6BrFN2O4S2. The highest BCUT2D eigenvalue weighted by atomic mass is 79.9. The SMILES string of the molecule is O=C(O)c1cc(S(=O)(=O)Nc2ccncc2F)c(Br)s1. The van der Waals surface area contributed by atoms with E-state index in [-0.39, 0.29) is 19.2 Å². The number of sulfonamides is 1. The summed E-state index contributed by atoms with van der Waals surface area (Å²) in [5.74, 6) is -2.08. The van der Waals surface area contributed by atoms with Crippen molar-refractivity contribution in [2.75, 3.05) is 4.72 Å². The van der Waals surface area contributed by atoms with Crippen LogP contribution in [0.4, 0.5) is 10.1 Å². The summed E-state index contributed by atoms with van der Waals surface area (Å²) in [6, 6.07) is 2.16. The highest BCUT2D eigenvalue weighted by molar-refractivity contribution is 9.11. The van der Waals surface area contributed by atoms with E-state index >= 15 is 0 Å². The van der Waals surface area contributed by atoms with Gasteiger partial charge in [0.25, 0.3) is 10.0 Å². The third-order valence-corrected chi connectivity index (χ3v) is 5.78. The van der Waals surface area contributed by atoms with E-state index in [1.54, 1.807) is 0 Å². The maximum Gasteiger partial charge on any atom is 0.345 e. The predicted molar refractivity (Wildman–Crippen MR) is 74.0 cm³/mol. The molecule has 2 aromatic heterocycles. The molecule has 2 heterocycles. The Hall–Kier alpha value is -1.52. The fourth-order valence-corrected chi connectivity index (χ4v) is 4.77. The number of hydrogen-bond donors (Lipinski definition) is 2. The Morgan fingerprint density at radius 3 is 2.75 bits per heavy atom. The maximum atomic E-state index is 13.4. The largest absolute Gasteiger partial charge is 0.477 e. The number of rotatable bonds is 4. The molecule has 2 aromatic rings. The molecule has 0 saturated heterocycles. The van der Waals surface area contributed by atoms with E-state index in [2.05, 4.69) is 20.9 Å². The van der Waals surface area contributed by atoms with Crippen molar-refractivity contribution in [3.05, 3.63) is 39.0 Å². The minimum absolute atomic E-state index is 0.122. The van der Waals surface area contributed by atoms with Crippen LogP contribution in [0.2, 0.25) is 0 Å². The number of carboxylic acids is 1. The first-order valence-electron chi connectivity index (χ1n) is 4.96. The van der Waals surface area contributed by atoms with Crippen molar-refractivity contribution in [1.82, 2.24) is 4.98 Å². The minimum atomic E-state index is -4.10. The summed E-state index contributed by atoms with van der Waals surface area (Å²) in [6.45, 7) is 0. The lowest BCUT2D eigenvalue weighted by atomic mass is 10.4. The van der Waals surface area contributed by atoms with Gasteiger partial charge >= 0.3 is 5.97 Å². The molecule has 0 aliphatic rings. The van der Waals surface area contributed by atoms with Crippen molar-refractivity contribution < 1.29 is 22.7 Å². The molecule has 20 heavy (non-hydrogen) atoms. The van der Waals surface area contributed by atoms with Gasteiger partial charge in [0.2, 0.25) is 0 Å². The smallest absolute Gasteiger partial charge is 0.345 e. The number of halogens is 2. The number of anilines is 1. The molecule has 0 atom stereocenters. The first-order valence-corrected chi connectivity index (χ1v) is 8.05. The van der Waals surface area contributed by atoms with Gasteiger partial charge in [-0.15, -0.1) is 11.3 Å². The van der Waals surface area contributed by atoms with E-state index in [0.29, 0.717) is 0 Å². The van der Waals surface area contributed by atoms with Gasteiger partial charge in [-0.2, -0.15) is 0 Å². The molecule has 0 radical (unpaired) electrons. The van der Waals surface area contributed by atoms with Crippen molar-refractivity contribution in [3.63, 3.8) is 0 Å². The van der Waals surface area contributed by atoms with Crippen molar-refractivity contribution in [2.24, 2.45) is 0 Å². The Bertz CT molecular complexity index is 775. The second kappa shape index (κ2) is 5.46. The van der Waals surface area contributed by atoms with Crippen LogP contribution in [0, 0.1) is 5.82 Å². The lowest BCUT2D eigenvalue weighted by Crippen LogP contribution is -2.13. The second-order valence-electron chi connectivity index (χ2n) is 3.51. The molecule has 2 N–H and O–H groups in total. The third kappa shape index (κ3) is 2.97. The number of hydrogen-bond acceptors (Lipinski definition) is 5. The zero-order valence-electron chi connectivity index (χ0n) is 9.50. The molecule has 0 bridgehead atoms. The van der Waals surface area contributed by atoms with Gasteiger partial charge in [-0.3, -0.25) is 9.71 Å². The molecular weight excluding hydrogens is 375 g/mol. The predicted octanol–water partition coefficient (Wildman–Crippen LogP) is 2.54. The number of nitrogens with zero attached hydrogens (tertiary/aromatic N) is 1. The summed E-state index contributed by atoms with van der Waals surface area (Å²) in [6.07, 6.45) is 2.09. The summed E-state index contributed by atoms with van der Waals surface area (Å²) in [7, 11) is -4.10. The molecule has 0 aliphatic carbocycles. The summed E-state index contributed by atoms with van der Waals surface area (Å²) < 4.78 is 39.7. The van der Waals surface area contributed by atoms with Crippen LogP contribution in [-0.4, -0.2) is 24.5 Å². The number of carboxylic acid groups (broad SMARTS) is 1. The Kier molecular flexibility index (Phi) is 4.06. The Balaban J connectivity index is 2.41. The van der Waals surface area contributed by atoms with Gasteiger partial charge in [0.05, 0.1) is 15.7 Å².